The van der Waals surface area contributed by atoms with Gasteiger partial charge in [-0.15, -0.1) is 5.10 Å². The van der Waals surface area contributed by atoms with Crippen molar-refractivity contribution in [1.29, 1.82) is 0 Å². The summed E-state index contributed by atoms with van der Waals surface area (Å²) in [6, 6.07) is 11.3. The van der Waals surface area contributed by atoms with Crippen LogP contribution in [-0.4, -0.2) is 54.7 Å². The molecule has 0 spiro atoms. The van der Waals surface area contributed by atoms with Gasteiger partial charge in [0.2, 0.25) is 5.91 Å². The third-order valence-electron chi connectivity index (χ3n) is 6.46. The molecular weight excluding hydrogens is 533 g/mol. The summed E-state index contributed by atoms with van der Waals surface area (Å²) in [4.78, 5) is 22.9. The lowest BCUT2D eigenvalue weighted by atomic mass is 10.2. The second kappa shape index (κ2) is 11.5. The number of aromatic nitrogens is 6. The number of aryl methyl sites for hydroxylation is 4. The van der Waals surface area contributed by atoms with E-state index in [9.17, 15) is 9.18 Å². The molecule has 5 aromatic rings. The molecule has 0 radical (unpaired) electrons. The Hall–Kier alpha value is -4.19. The van der Waals surface area contributed by atoms with E-state index < -0.39 is 5.25 Å². The van der Waals surface area contributed by atoms with Gasteiger partial charge in [0.05, 0.1) is 30.7 Å². The maximum Gasteiger partial charge on any atom is 0.237 e. The summed E-state index contributed by atoms with van der Waals surface area (Å²) in [5.41, 5.74) is 3.79. The number of ether oxygens (including phenoxy) is 2. The van der Waals surface area contributed by atoms with Crippen molar-refractivity contribution in [2.45, 2.75) is 50.6 Å². The summed E-state index contributed by atoms with van der Waals surface area (Å²) in [6.45, 7) is 6.53. The standard InChI is InChI=1S/C28H30FN7O3S/c1-6-24(27(37)30-19-9-7-18(29)8-10-19)40-28-31-21-15-23(39-5)22(38-4)14-20(21)26-32-25(34-36(26)28)11-12-35-17(3)13-16(2)33-35/h7-10,13-15,24H,6,11-12H2,1-5H3,(H,30,37)/t24-/m0/s1. The van der Waals surface area contributed by atoms with Gasteiger partial charge in [-0.1, -0.05) is 18.7 Å². The summed E-state index contributed by atoms with van der Waals surface area (Å²) < 4.78 is 28.0. The second-order valence-electron chi connectivity index (χ2n) is 9.29. The molecule has 0 saturated carbocycles. The van der Waals surface area contributed by atoms with Gasteiger partial charge in [0.15, 0.2) is 28.1 Å². The number of hydrogen-bond donors (Lipinski definition) is 1. The second-order valence-corrected chi connectivity index (χ2v) is 10.5. The van der Waals surface area contributed by atoms with Crippen LogP contribution in [0.1, 0.15) is 30.6 Å². The SMILES string of the molecule is CC[C@H](Sc1nc2cc(OC)c(OC)cc2c2nc(CCn3nc(C)cc3C)nn12)C(=O)Nc1ccc(F)cc1. The smallest absolute Gasteiger partial charge is 0.237 e. The third-order valence-corrected chi connectivity index (χ3v) is 7.77. The quantitative estimate of drug-likeness (QED) is 0.187. The van der Waals surface area contributed by atoms with Crippen molar-refractivity contribution in [3.8, 4) is 11.5 Å². The number of carbonyl (C=O) groups excluding carboxylic acids is 1. The summed E-state index contributed by atoms with van der Waals surface area (Å²) in [6.07, 6.45) is 1.09. The lowest BCUT2D eigenvalue weighted by molar-refractivity contribution is -0.115. The molecule has 1 amide bonds. The first kappa shape index (κ1) is 27.4. The van der Waals surface area contributed by atoms with Gasteiger partial charge in [0, 0.05) is 35.8 Å². The molecule has 0 saturated heterocycles. The molecule has 3 aromatic heterocycles. The first-order chi connectivity index (χ1) is 19.3. The molecule has 12 heteroatoms. The maximum absolute atomic E-state index is 13.3. The number of thioether (sulfide) groups is 1. The molecule has 1 atom stereocenters. The minimum absolute atomic E-state index is 0.216. The van der Waals surface area contributed by atoms with Gasteiger partial charge >= 0.3 is 0 Å². The van der Waals surface area contributed by atoms with Gasteiger partial charge in [0.1, 0.15) is 5.82 Å². The molecule has 5 rings (SSSR count). The average molecular weight is 564 g/mol. The number of benzene rings is 2. The summed E-state index contributed by atoms with van der Waals surface area (Å²) in [5.74, 6) is 1.13. The van der Waals surface area contributed by atoms with E-state index in [-0.39, 0.29) is 11.7 Å². The fourth-order valence-corrected chi connectivity index (χ4v) is 5.41. The summed E-state index contributed by atoms with van der Waals surface area (Å²) >= 11 is 1.29. The van der Waals surface area contributed by atoms with E-state index in [0.717, 1.165) is 16.8 Å². The zero-order valence-corrected chi connectivity index (χ0v) is 23.8. The highest BCUT2D eigenvalue weighted by Crippen LogP contribution is 2.35. The van der Waals surface area contributed by atoms with Crippen molar-refractivity contribution in [3.63, 3.8) is 0 Å². The van der Waals surface area contributed by atoms with Crippen LogP contribution in [0.25, 0.3) is 16.6 Å². The van der Waals surface area contributed by atoms with Gasteiger partial charge in [-0.3, -0.25) is 9.48 Å². The Balaban J connectivity index is 1.53. The Bertz CT molecular complexity index is 1680. The normalized spacial score (nSPS) is 12.2. The van der Waals surface area contributed by atoms with E-state index in [4.69, 9.17) is 24.5 Å². The minimum Gasteiger partial charge on any atom is -0.493 e. The average Bonchev–Trinajstić information content (AvgIpc) is 3.52. The molecule has 2 aromatic carbocycles. The van der Waals surface area contributed by atoms with Gasteiger partial charge in [0.25, 0.3) is 0 Å². The number of halogens is 1. The number of carbonyl (C=O) groups is 1. The Morgan fingerprint density at radius 1 is 1.05 bits per heavy atom. The Kier molecular flexibility index (Phi) is 7.88. The van der Waals surface area contributed by atoms with Gasteiger partial charge in [-0.05, 0) is 56.7 Å². The van der Waals surface area contributed by atoms with Gasteiger partial charge in [-0.25, -0.2) is 14.4 Å². The highest BCUT2D eigenvalue weighted by Gasteiger charge is 2.24. The molecule has 0 fully saturated rings. The van der Waals surface area contributed by atoms with E-state index in [2.05, 4.69) is 10.4 Å². The molecular formula is C28H30FN7O3S. The molecule has 0 bridgehead atoms. The maximum atomic E-state index is 13.3. The Labute approximate surface area is 234 Å². The first-order valence-corrected chi connectivity index (χ1v) is 13.7. The van der Waals surface area contributed by atoms with Crippen molar-refractivity contribution in [2.75, 3.05) is 19.5 Å². The lowest BCUT2D eigenvalue weighted by Crippen LogP contribution is -2.25. The molecule has 0 aliphatic carbocycles. The predicted molar refractivity (Wildman–Crippen MR) is 152 cm³/mol. The molecule has 40 heavy (non-hydrogen) atoms. The number of nitrogens with one attached hydrogen (secondary N) is 1. The molecule has 0 aliphatic rings. The van der Waals surface area contributed by atoms with Crippen molar-refractivity contribution in [3.05, 3.63) is 65.5 Å². The number of methoxy groups -OCH3 is 2. The van der Waals surface area contributed by atoms with Crippen molar-refractivity contribution >= 4 is 39.9 Å². The highest BCUT2D eigenvalue weighted by atomic mass is 32.2. The minimum atomic E-state index is -0.485. The molecule has 0 aliphatic heterocycles. The van der Waals surface area contributed by atoms with Crippen LogP contribution >= 0.6 is 11.8 Å². The fraction of sp³-hybridized carbons (Fsp3) is 0.321. The molecule has 1 N–H and O–H groups in total. The van der Waals surface area contributed by atoms with E-state index in [0.29, 0.717) is 58.7 Å². The van der Waals surface area contributed by atoms with Crippen molar-refractivity contribution < 1.29 is 18.7 Å². The largest absolute Gasteiger partial charge is 0.493 e. The van der Waals surface area contributed by atoms with Crippen LogP contribution in [0.4, 0.5) is 10.1 Å². The van der Waals surface area contributed by atoms with E-state index in [1.165, 1.54) is 36.0 Å². The third kappa shape index (κ3) is 5.57. The van der Waals surface area contributed by atoms with Crippen LogP contribution in [0, 0.1) is 19.7 Å². The van der Waals surface area contributed by atoms with Crippen LogP contribution in [0.3, 0.4) is 0 Å². The Morgan fingerprint density at radius 2 is 1.77 bits per heavy atom. The monoisotopic (exact) mass is 563 g/mol. The number of fused-ring (bicyclic) bond motifs is 3. The van der Waals surface area contributed by atoms with Crippen molar-refractivity contribution in [2.24, 2.45) is 0 Å². The Morgan fingerprint density at radius 3 is 2.42 bits per heavy atom. The number of anilines is 1. The summed E-state index contributed by atoms with van der Waals surface area (Å²) in [5, 5.41) is 13.0. The highest BCUT2D eigenvalue weighted by molar-refractivity contribution is 8.00. The zero-order chi connectivity index (χ0) is 28.4. The van der Waals surface area contributed by atoms with Crippen LogP contribution in [-0.2, 0) is 17.8 Å². The first-order valence-electron chi connectivity index (χ1n) is 12.8. The van der Waals surface area contributed by atoms with E-state index in [1.54, 1.807) is 24.8 Å². The van der Waals surface area contributed by atoms with Gasteiger partial charge < -0.3 is 14.8 Å². The van der Waals surface area contributed by atoms with E-state index >= 15 is 0 Å². The van der Waals surface area contributed by atoms with Crippen molar-refractivity contribution in [1.82, 2.24) is 29.4 Å². The topological polar surface area (TPSA) is 108 Å². The molecule has 10 nitrogen and oxygen atoms in total. The van der Waals surface area contributed by atoms with E-state index in [1.807, 2.05) is 37.6 Å². The number of hydrogen-bond acceptors (Lipinski definition) is 8. The zero-order valence-electron chi connectivity index (χ0n) is 22.9. The number of nitrogens with zero attached hydrogens (tertiary/aromatic N) is 6. The summed E-state index contributed by atoms with van der Waals surface area (Å²) in [7, 11) is 3.15. The van der Waals surface area contributed by atoms with Crippen LogP contribution in [0.15, 0.2) is 47.6 Å². The van der Waals surface area contributed by atoms with Gasteiger partial charge in [-0.2, -0.15) is 9.61 Å². The van der Waals surface area contributed by atoms with Crippen LogP contribution in [0.5, 0.6) is 11.5 Å². The molecule has 208 valence electrons. The lowest BCUT2D eigenvalue weighted by Gasteiger charge is -2.16. The predicted octanol–water partition coefficient (Wildman–Crippen LogP) is 5.00. The number of amides is 1. The number of rotatable bonds is 10. The van der Waals surface area contributed by atoms with Crippen LogP contribution < -0.4 is 14.8 Å². The molecule has 3 heterocycles. The molecule has 0 unspecified atom stereocenters. The van der Waals surface area contributed by atoms with Crippen LogP contribution in [0.2, 0.25) is 0 Å². The fourth-order valence-electron chi connectivity index (χ4n) is 4.45.